The zero-order valence-corrected chi connectivity index (χ0v) is 20.8. The summed E-state index contributed by atoms with van der Waals surface area (Å²) in [7, 11) is 0. The summed E-state index contributed by atoms with van der Waals surface area (Å²) in [5.41, 5.74) is 0.648. The smallest absolute Gasteiger partial charge is 0.333 e. The van der Waals surface area contributed by atoms with Crippen molar-refractivity contribution in [2.24, 2.45) is 34.0 Å². The van der Waals surface area contributed by atoms with Crippen LogP contribution in [0.2, 0.25) is 0 Å². The van der Waals surface area contributed by atoms with E-state index in [2.05, 4.69) is 27.7 Å². The number of hydrogen-bond acceptors (Lipinski definition) is 6. The molecule has 0 aromatic rings. The van der Waals surface area contributed by atoms with E-state index in [4.69, 9.17) is 14.2 Å². The van der Waals surface area contributed by atoms with E-state index in [9.17, 15) is 14.7 Å². The lowest BCUT2D eigenvalue weighted by molar-refractivity contribution is -0.216. The number of ether oxygens (including phenoxy) is 3. The van der Waals surface area contributed by atoms with Gasteiger partial charge in [-0.05, 0) is 78.9 Å². The maximum Gasteiger partial charge on any atom is 0.333 e. The van der Waals surface area contributed by atoms with E-state index in [1.165, 1.54) is 38.7 Å². The lowest BCUT2D eigenvalue weighted by Crippen LogP contribution is -2.63. The van der Waals surface area contributed by atoms with Crippen LogP contribution in [0.25, 0.3) is 0 Å². The minimum Gasteiger partial charge on any atom is -0.463 e. The SMILES string of the molecule is CC(=O)OC[C@]12CC[C@H]3[C@@](C)(CC[C@H]4C(C)(C)CCC[C@]34C)[C@@H]1CC(C1=CC(=O)O[C@@H]1O)O2. The number of hydrogen-bond donors (Lipinski definition) is 1. The van der Waals surface area contributed by atoms with Gasteiger partial charge < -0.3 is 19.3 Å². The quantitative estimate of drug-likeness (QED) is 0.623. The highest BCUT2D eigenvalue weighted by molar-refractivity contribution is 5.85. The fourth-order valence-electron chi connectivity index (χ4n) is 9.40. The third-order valence-electron chi connectivity index (χ3n) is 10.6. The molecule has 1 unspecified atom stereocenters. The molecule has 1 N–H and O–H groups in total. The summed E-state index contributed by atoms with van der Waals surface area (Å²) in [5, 5.41) is 10.3. The highest BCUT2D eigenvalue weighted by Gasteiger charge is 2.68. The molecule has 2 aliphatic heterocycles. The number of carbonyl (C=O) groups excluding carboxylic acids is 2. The summed E-state index contributed by atoms with van der Waals surface area (Å²) in [4.78, 5) is 23.6. The van der Waals surface area contributed by atoms with Gasteiger partial charge in [0.25, 0.3) is 0 Å². The Morgan fingerprint density at radius 2 is 1.76 bits per heavy atom. The van der Waals surface area contributed by atoms with Gasteiger partial charge in [-0.15, -0.1) is 0 Å². The van der Waals surface area contributed by atoms with Gasteiger partial charge in [-0.2, -0.15) is 0 Å². The molecule has 0 bridgehead atoms. The molecule has 0 amide bonds. The molecule has 0 aromatic heterocycles. The largest absolute Gasteiger partial charge is 0.463 e. The Balaban J connectivity index is 1.51. The fraction of sp³-hybridized carbons (Fsp3) is 0.852. The first-order valence-corrected chi connectivity index (χ1v) is 12.8. The predicted molar refractivity (Wildman–Crippen MR) is 122 cm³/mol. The summed E-state index contributed by atoms with van der Waals surface area (Å²) < 4.78 is 17.3. The maximum absolute atomic E-state index is 11.8. The van der Waals surface area contributed by atoms with Crippen LogP contribution in [0.3, 0.4) is 0 Å². The van der Waals surface area contributed by atoms with Crippen LogP contribution in [-0.2, 0) is 23.8 Å². The van der Waals surface area contributed by atoms with E-state index in [-0.39, 0.29) is 23.9 Å². The topological polar surface area (TPSA) is 82.1 Å². The van der Waals surface area contributed by atoms with Gasteiger partial charge in [0, 0.05) is 18.6 Å². The molecular formula is C27H40O6. The molecule has 0 spiro atoms. The first-order chi connectivity index (χ1) is 15.4. The van der Waals surface area contributed by atoms with E-state index >= 15 is 0 Å². The highest BCUT2D eigenvalue weighted by atomic mass is 16.6. The maximum atomic E-state index is 11.8. The number of esters is 2. The van der Waals surface area contributed by atoms with E-state index in [1.54, 1.807) is 0 Å². The highest BCUT2D eigenvalue weighted by Crippen LogP contribution is 2.71. The zero-order valence-electron chi connectivity index (χ0n) is 20.8. The van der Waals surface area contributed by atoms with Crippen molar-refractivity contribution in [3.63, 3.8) is 0 Å². The molecule has 0 aromatic carbocycles. The number of aliphatic hydroxyl groups is 1. The number of cyclic esters (lactones) is 1. The third-order valence-corrected chi connectivity index (χ3v) is 10.6. The van der Waals surface area contributed by atoms with E-state index in [0.717, 1.165) is 31.6 Å². The van der Waals surface area contributed by atoms with Gasteiger partial charge in [-0.25, -0.2) is 4.79 Å². The van der Waals surface area contributed by atoms with Crippen LogP contribution < -0.4 is 0 Å². The van der Waals surface area contributed by atoms with E-state index in [0.29, 0.717) is 22.3 Å². The molecule has 3 aliphatic carbocycles. The van der Waals surface area contributed by atoms with Gasteiger partial charge in [0.2, 0.25) is 6.29 Å². The molecule has 184 valence electrons. The van der Waals surface area contributed by atoms with Gasteiger partial charge in [-0.1, -0.05) is 34.1 Å². The molecule has 2 heterocycles. The van der Waals surface area contributed by atoms with Crippen molar-refractivity contribution in [2.45, 2.75) is 104 Å². The Morgan fingerprint density at radius 1 is 1.06 bits per heavy atom. The molecule has 5 rings (SSSR count). The first kappa shape index (κ1) is 23.3. The number of rotatable bonds is 3. The summed E-state index contributed by atoms with van der Waals surface area (Å²) in [6, 6.07) is 0. The van der Waals surface area contributed by atoms with Crippen molar-refractivity contribution in [1.29, 1.82) is 0 Å². The van der Waals surface area contributed by atoms with Crippen LogP contribution >= 0.6 is 0 Å². The lowest BCUT2D eigenvalue weighted by Gasteiger charge is -2.67. The van der Waals surface area contributed by atoms with Crippen LogP contribution in [0.5, 0.6) is 0 Å². The average molecular weight is 461 g/mol. The van der Waals surface area contributed by atoms with Crippen LogP contribution in [0.15, 0.2) is 11.6 Å². The minimum absolute atomic E-state index is 0.0564. The molecule has 6 nitrogen and oxygen atoms in total. The number of fused-ring (bicyclic) bond motifs is 5. The summed E-state index contributed by atoms with van der Waals surface area (Å²) >= 11 is 0. The third kappa shape index (κ3) is 3.42. The van der Waals surface area contributed by atoms with E-state index in [1.807, 2.05) is 0 Å². The molecule has 6 heteroatoms. The zero-order chi connectivity index (χ0) is 23.8. The Kier molecular flexibility index (Phi) is 5.34. The molecule has 4 fully saturated rings. The van der Waals surface area contributed by atoms with Crippen molar-refractivity contribution in [1.82, 2.24) is 0 Å². The van der Waals surface area contributed by atoms with Crippen molar-refractivity contribution < 1.29 is 28.9 Å². The fourth-order valence-corrected chi connectivity index (χ4v) is 9.40. The normalized spacial score (nSPS) is 48.2. The molecule has 3 saturated carbocycles. The summed E-state index contributed by atoms with van der Waals surface area (Å²) in [6.45, 7) is 11.6. The summed E-state index contributed by atoms with van der Waals surface area (Å²) in [6.07, 6.45) is 8.59. The van der Waals surface area contributed by atoms with Crippen molar-refractivity contribution in [3.05, 3.63) is 11.6 Å². The van der Waals surface area contributed by atoms with Gasteiger partial charge >= 0.3 is 11.9 Å². The Bertz CT molecular complexity index is 878. The molecular weight excluding hydrogens is 420 g/mol. The lowest BCUT2D eigenvalue weighted by atomic mass is 9.38. The molecule has 1 saturated heterocycles. The minimum atomic E-state index is -1.25. The van der Waals surface area contributed by atoms with Crippen LogP contribution in [0.1, 0.15) is 86.0 Å². The Morgan fingerprint density at radius 3 is 2.42 bits per heavy atom. The summed E-state index contributed by atoms with van der Waals surface area (Å²) in [5.74, 6) is 0.680. The van der Waals surface area contributed by atoms with Crippen LogP contribution in [0.4, 0.5) is 0 Å². The number of aliphatic hydroxyl groups excluding tert-OH is 1. The standard InChI is InChI=1S/C27H40O6/c1-16(28)31-15-27-12-8-20-25(4)10-6-9-24(2,3)19(25)7-11-26(20,5)21(27)14-18(33-27)17-13-22(29)32-23(17)30/h13,18-21,23,30H,6-12,14-15H2,1-5H3/t18?,19-,20+,21-,23-,25-,26+,27+/m0/s1. The Hall–Kier alpha value is -1.40. The van der Waals surface area contributed by atoms with Crippen LogP contribution in [-0.4, -0.2) is 41.6 Å². The van der Waals surface area contributed by atoms with Crippen molar-refractivity contribution in [2.75, 3.05) is 6.61 Å². The molecule has 8 atom stereocenters. The molecule has 33 heavy (non-hydrogen) atoms. The average Bonchev–Trinajstić information content (AvgIpc) is 3.26. The van der Waals surface area contributed by atoms with E-state index < -0.39 is 24.0 Å². The van der Waals surface area contributed by atoms with Crippen molar-refractivity contribution in [3.8, 4) is 0 Å². The second kappa shape index (κ2) is 7.55. The molecule has 5 aliphatic rings. The van der Waals surface area contributed by atoms with Gasteiger partial charge in [-0.3, -0.25) is 4.79 Å². The second-order valence-corrected chi connectivity index (χ2v) is 12.7. The Labute approximate surface area is 197 Å². The first-order valence-electron chi connectivity index (χ1n) is 12.8. The predicted octanol–water partition coefficient (Wildman–Crippen LogP) is 4.54. The van der Waals surface area contributed by atoms with Gasteiger partial charge in [0.05, 0.1) is 6.10 Å². The monoisotopic (exact) mass is 460 g/mol. The van der Waals surface area contributed by atoms with Gasteiger partial charge in [0.1, 0.15) is 12.2 Å². The molecule has 0 radical (unpaired) electrons. The number of carbonyl (C=O) groups is 2. The van der Waals surface area contributed by atoms with Crippen LogP contribution in [0, 0.1) is 34.0 Å². The van der Waals surface area contributed by atoms with Gasteiger partial charge in [0.15, 0.2) is 0 Å². The van der Waals surface area contributed by atoms with Crippen molar-refractivity contribution >= 4 is 11.9 Å². The second-order valence-electron chi connectivity index (χ2n) is 12.7.